The van der Waals surface area contributed by atoms with Crippen LogP contribution in [0.15, 0.2) is 18.2 Å². The molecule has 0 saturated carbocycles. The first-order valence-corrected chi connectivity index (χ1v) is 4.08. The van der Waals surface area contributed by atoms with Crippen molar-refractivity contribution in [3.8, 4) is 0 Å². The second kappa shape index (κ2) is 4.07. The van der Waals surface area contributed by atoms with E-state index in [0.29, 0.717) is 17.6 Å². The molecule has 13 heavy (non-hydrogen) atoms. The fraction of sp³-hybridized carbons (Fsp3) is 0.222. The van der Waals surface area contributed by atoms with Crippen molar-refractivity contribution in [2.24, 2.45) is 0 Å². The quantitative estimate of drug-likeness (QED) is 0.482. The first-order valence-electron chi connectivity index (χ1n) is 4.08. The lowest BCUT2D eigenvalue weighted by molar-refractivity contribution is 0.0526. The lowest BCUT2D eigenvalue weighted by Gasteiger charge is -2.02. The molecule has 0 atom stereocenters. The maximum absolute atomic E-state index is 12.8. The molecule has 0 fully saturated rings. The Hall–Kier alpha value is -1.32. The summed E-state index contributed by atoms with van der Waals surface area (Å²) in [5.41, 5.74) is 0.839. The smallest absolute Gasteiger partial charge is 0.338 e. The Kier molecular flexibility index (Phi) is 3.06. The molecule has 0 spiro atoms. The molecule has 0 bridgehead atoms. The predicted octanol–water partition coefficient (Wildman–Crippen LogP) is 0.261. The van der Waals surface area contributed by atoms with E-state index in [0.717, 1.165) is 0 Å². The summed E-state index contributed by atoms with van der Waals surface area (Å²) in [6.45, 7) is 2.06. The second-order valence-electron chi connectivity index (χ2n) is 2.68. The van der Waals surface area contributed by atoms with Crippen LogP contribution in [0, 0.1) is 5.82 Å². The molecule has 0 unspecified atom stereocenters. The summed E-state index contributed by atoms with van der Waals surface area (Å²) in [5.74, 6) is -0.723. The third-order valence-electron chi connectivity index (χ3n) is 1.67. The molecule has 0 N–H and O–H groups in total. The fourth-order valence-corrected chi connectivity index (χ4v) is 0.986. The molecule has 1 rings (SSSR count). The Morgan fingerprint density at radius 2 is 2.31 bits per heavy atom. The van der Waals surface area contributed by atoms with E-state index in [1.54, 1.807) is 14.8 Å². The highest BCUT2D eigenvalue weighted by Gasteiger charge is 2.07. The third kappa shape index (κ3) is 2.31. The van der Waals surface area contributed by atoms with Crippen molar-refractivity contribution in [1.82, 2.24) is 0 Å². The second-order valence-corrected chi connectivity index (χ2v) is 2.68. The average Bonchev–Trinajstić information content (AvgIpc) is 2.10. The Balaban J connectivity index is 2.90. The molecule has 0 aliphatic heterocycles. The van der Waals surface area contributed by atoms with Gasteiger partial charge in [0.2, 0.25) is 0 Å². The van der Waals surface area contributed by atoms with Gasteiger partial charge in [-0.25, -0.2) is 9.18 Å². The number of hydrogen-bond acceptors (Lipinski definition) is 2. The molecule has 2 nitrogen and oxygen atoms in total. The molecule has 0 aromatic heterocycles. The Bertz CT molecular complexity index is 325. The number of esters is 1. The van der Waals surface area contributed by atoms with E-state index in [4.69, 9.17) is 4.74 Å². The van der Waals surface area contributed by atoms with E-state index < -0.39 is 5.97 Å². The first kappa shape index (κ1) is 9.77. The first-order chi connectivity index (χ1) is 6.15. The summed E-state index contributed by atoms with van der Waals surface area (Å²) in [6.07, 6.45) is 0. The molecule has 0 heterocycles. The van der Waals surface area contributed by atoms with Crippen LogP contribution in [-0.4, -0.2) is 20.4 Å². The van der Waals surface area contributed by atoms with Gasteiger partial charge in [-0.2, -0.15) is 0 Å². The van der Waals surface area contributed by atoms with Crippen LogP contribution in [0.1, 0.15) is 17.3 Å². The van der Waals surface area contributed by atoms with E-state index in [9.17, 15) is 9.18 Å². The SMILES string of the molecule is Bc1cc(C(=O)OCC)ccc1F. The maximum atomic E-state index is 12.8. The van der Waals surface area contributed by atoms with Gasteiger partial charge < -0.3 is 4.74 Å². The predicted molar refractivity (Wildman–Crippen MR) is 50.5 cm³/mol. The fourth-order valence-electron chi connectivity index (χ4n) is 0.986. The molecule has 0 aliphatic carbocycles. The minimum atomic E-state index is -0.411. The number of ether oxygens (including phenoxy) is 1. The van der Waals surface area contributed by atoms with Crippen LogP contribution < -0.4 is 5.46 Å². The number of halogens is 1. The van der Waals surface area contributed by atoms with Crippen LogP contribution in [0.2, 0.25) is 0 Å². The van der Waals surface area contributed by atoms with Crippen molar-refractivity contribution in [2.45, 2.75) is 6.92 Å². The van der Waals surface area contributed by atoms with Gasteiger partial charge in [-0.05, 0) is 19.1 Å². The summed E-state index contributed by atoms with van der Waals surface area (Å²) in [4.78, 5) is 11.2. The van der Waals surface area contributed by atoms with E-state index in [-0.39, 0.29) is 5.82 Å². The molecular weight excluding hydrogens is 170 g/mol. The highest BCUT2D eigenvalue weighted by atomic mass is 19.1. The highest BCUT2D eigenvalue weighted by Crippen LogP contribution is 2.01. The Labute approximate surface area is 77.1 Å². The highest BCUT2D eigenvalue weighted by molar-refractivity contribution is 6.32. The number of carbonyl (C=O) groups is 1. The number of rotatable bonds is 2. The zero-order chi connectivity index (χ0) is 9.84. The Morgan fingerprint density at radius 1 is 1.62 bits per heavy atom. The molecule has 1 aromatic carbocycles. The van der Waals surface area contributed by atoms with Crippen LogP contribution in [0.3, 0.4) is 0 Å². The van der Waals surface area contributed by atoms with Gasteiger partial charge in [-0.3, -0.25) is 0 Å². The van der Waals surface area contributed by atoms with Crippen molar-refractivity contribution < 1.29 is 13.9 Å². The van der Waals surface area contributed by atoms with E-state index in [1.165, 1.54) is 18.2 Å². The summed E-state index contributed by atoms with van der Waals surface area (Å²) in [6, 6.07) is 4.16. The monoisotopic (exact) mass is 180 g/mol. The minimum absolute atomic E-state index is 0.312. The van der Waals surface area contributed by atoms with Gasteiger partial charge in [-0.1, -0.05) is 11.5 Å². The van der Waals surface area contributed by atoms with E-state index in [1.807, 2.05) is 0 Å². The number of hydrogen-bond donors (Lipinski definition) is 0. The number of benzene rings is 1. The minimum Gasteiger partial charge on any atom is -0.462 e. The molecule has 0 amide bonds. The lowest BCUT2D eigenvalue weighted by Crippen LogP contribution is -2.13. The molecule has 0 saturated heterocycles. The van der Waals surface area contributed by atoms with Gasteiger partial charge >= 0.3 is 5.97 Å². The standard InChI is InChI=1S/C9H10BFO2/c1-2-13-9(12)6-3-4-8(11)7(10)5-6/h3-5H,2,10H2,1H3. The van der Waals surface area contributed by atoms with Crippen molar-refractivity contribution in [1.29, 1.82) is 0 Å². The van der Waals surface area contributed by atoms with Gasteiger partial charge in [0, 0.05) is 0 Å². The van der Waals surface area contributed by atoms with E-state index in [2.05, 4.69) is 0 Å². The average molecular weight is 180 g/mol. The van der Waals surface area contributed by atoms with Crippen molar-refractivity contribution in [3.63, 3.8) is 0 Å². The van der Waals surface area contributed by atoms with Gasteiger partial charge in [0.15, 0.2) is 0 Å². The van der Waals surface area contributed by atoms with Gasteiger partial charge in [0.25, 0.3) is 0 Å². The lowest BCUT2D eigenvalue weighted by atomic mass is 9.94. The van der Waals surface area contributed by atoms with Crippen LogP contribution in [0.4, 0.5) is 4.39 Å². The Morgan fingerprint density at radius 3 is 2.85 bits per heavy atom. The molecule has 68 valence electrons. The van der Waals surface area contributed by atoms with Gasteiger partial charge in [0.05, 0.1) is 12.2 Å². The maximum Gasteiger partial charge on any atom is 0.338 e. The van der Waals surface area contributed by atoms with Crippen molar-refractivity contribution in [2.75, 3.05) is 6.61 Å². The summed E-state index contributed by atoms with van der Waals surface area (Å²) in [7, 11) is 1.61. The summed E-state index contributed by atoms with van der Waals surface area (Å²) in [5, 5.41) is 0. The zero-order valence-corrected chi connectivity index (χ0v) is 7.63. The molecular formula is C9H10BFO2. The van der Waals surface area contributed by atoms with Crippen LogP contribution in [0.25, 0.3) is 0 Å². The summed E-state index contributed by atoms with van der Waals surface area (Å²) >= 11 is 0. The zero-order valence-electron chi connectivity index (χ0n) is 7.63. The molecule has 0 radical (unpaired) electrons. The van der Waals surface area contributed by atoms with E-state index >= 15 is 0 Å². The van der Waals surface area contributed by atoms with Crippen molar-refractivity contribution in [3.05, 3.63) is 29.6 Å². The normalized spacial score (nSPS) is 9.69. The van der Waals surface area contributed by atoms with Gasteiger partial charge in [-0.15, -0.1) is 0 Å². The molecule has 0 aliphatic rings. The van der Waals surface area contributed by atoms with Gasteiger partial charge in [0.1, 0.15) is 13.7 Å². The molecule has 4 heteroatoms. The van der Waals surface area contributed by atoms with Crippen molar-refractivity contribution >= 4 is 19.3 Å². The molecule has 1 aromatic rings. The van der Waals surface area contributed by atoms with Crippen LogP contribution >= 0.6 is 0 Å². The van der Waals surface area contributed by atoms with Crippen LogP contribution in [0.5, 0.6) is 0 Å². The summed E-state index contributed by atoms with van der Waals surface area (Å²) < 4.78 is 17.6. The third-order valence-corrected chi connectivity index (χ3v) is 1.67. The topological polar surface area (TPSA) is 26.3 Å². The largest absolute Gasteiger partial charge is 0.462 e. The van der Waals surface area contributed by atoms with Crippen LogP contribution in [-0.2, 0) is 4.74 Å². The number of carbonyl (C=O) groups excluding carboxylic acids is 1.